The summed E-state index contributed by atoms with van der Waals surface area (Å²) in [6.07, 6.45) is 3.60. The number of thioether (sulfide) groups is 1. The molecule has 0 aliphatic carbocycles. The van der Waals surface area contributed by atoms with Crippen molar-refractivity contribution in [2.45, 2.75) is 37.9 Å². The van der Waals surface area contributed by atoms with E-state index < -0.39 is 0 Å². The van der Waals surface area contributed by atoms with Crippen LogP contribution in [0.15, 0.2) is 39.6 Å². The monoisotopic (exact) mass is 431 g/mol. The number of anilines is 1. The molecule has 1 aromatic carbocycles. The summed E-state index contributed by atoms with van der Waals surface area (Å²) in [5, 5.41) is 11.8. The van der Waals surface area contributed by atoms with Gasteiger partial charge in [0, 0.05) is 36.5 Å². The van der Waals surface area contributed by atoms with Crippen LogP contribution >= 0.6 is 23.1 Å². The third-order valence-corrected chi connectivity index (χ3v) is 6.89. The van der Waals surface area contributed by atoms with Crippen LogP contribution in [0.1, 0.15) is 25.0 Å². The Bertz CT molecular complexity index is 1020. The number of aryl methyl sites for hydroxylation is 1. The molecular weight excluding hydrogens is 406 g/mol. The lowest BCUT2D eigenvalue weighted by molar-refractivity contribution is 0.412. The summed E-state index contributed by atoms with van der Waals surface area (Å²) in [5.74, 6) is 2.39. The molecule has 0 bridgehead atoms. The van der Waals surface area contributed by atoms with E-state index in [1.165, 1.54) is 30.6 Å². The second-order valence-corrected chi connectivity index (χ2v) is 8.86. The highest BCUT2D eigenvalue weighted by molar-refractivity contribution is 7.99. The Morgan fingerprint density at radius 3 is 2.69 bits per heavy atom. The maximum atomic E-state index is 12.0. The van der Waals surface area contributed by atoms with Gasteiger partial charge in [-0.1, -0.05) is 35.2 Å². The minimum absolute atomic E-state index is 0.0864. The van der Waals surface area contributed by atoms with E-state index in [9.17, 15) is 4.79 Å². The number of methoxy groups -OCH3 is 1. The van der Waals surface area contributed by atoms with E-state index in [0.717, 1.165) is 47.1 Å². The zero-order valence-electron chi connectivity index (χ0n) is 16.7. The van der Waals surface area contributed by atoms with Crippen molar-refractivity contribution in [2.24, 2.45) is 0 Å². The van der Waals surface area contributed by atoms with Gasteiger partial charge in [0.05, 0.1) is 12.8 Å². The molecule has 7 nitrogen and oxygen atoms in total. The largest absolute Gasteiger partial charge is 0.495 e. The smallest absolute Gasteiger partial charge is 0.307 e. The van der Waals surface area contributed by atoms with Crippen LogP contribution in [0.25, 0.3) is 5.69 Å². The van der Waals surface area contributed by atoms with Gasteiger partial charge in [-0.05, 0) is 38.3 Å². The third-order valence-electron chi connectivity index (χ3n) is 5.10. The lowest BCUT2D eigenvalue weighted by atomic mass is 10.1. The van der Waals surface area contributed by atoms with Crippen molar-refractivity contribution in [3.05, 3.63) is 45.0 Å². The van der Waals surface area contributed by atoms with Crippen molar-refractivity contribution in [3.8, 4) is 11.4 Å². The number of ether oxygens (including phenoxy) is 1. The highest BCUT2D eigenvalue weighted by Gasteiger charge is 2.23. The molecule has 0 atom stereocenters. The molecule has 1 saturated heterocycles. The first kappa shape index (κ1) is 20.0. The molecule has 0 N–H and O–H groups in total. The first-order chi connectivity index (χ1) is 14.2. The number of hydrogen-bond donors (Lipinski definition) is 0. The van der Waals surface area contributed by atoms with E-state index in [4.69, 9.17) is 4.74 Å². The van der Waals surface area contributed by atoms with Crippen LogP contribution in [0.2, 0.25) is 0 Å². The van der Waals surface area contributed by atoms with Crippen molar-refractivity contribution in [2.75, 3.05) is 30.9 Å². The summed E-state index contributed by atoms with van der Waals surface area (Å²) in [5.41, 5.74) is 1.94. The van der Waals surface area contributed by atoms with Crippen molar-refractivity contribution in [3.63, 3.8) is 0 Å². The van der Waals surface area contributed by atoms with Crippen molar-refractivity contribution in [1.82, 2.24) is 19.3 Å². The summed E-state index contributed by atoms with van der Waals surface area (Å²) in [4.78, 5) is 14.4. The molecule has 4 rings (SSSR count). The minimum Gasteiger partial charge on any atom is -0.495 e. The Morgan fingerprint density at radius 2 is 1.97 bits per heavy atom. The number of aromatic nitrogens is 4. The topological polar surface area (TPSA) is 65.2 Å². The third kappa shape index (κ3) is 4.20. The Labute approximate surface area is 178 Å². The van der Waals surface area contributed by atoms with Crippen LogP contribution in [-0.2, 0) is 6.54 Å². The van der Waals surface area contributed by atoms with Gasteiger partial charge in [0.2, 0.25) is 5.95 Å². The second-order valence-electron chi connectivity index (χ2n) is 6.98. The average Bonchev–Trinajstić information content (AvgIpc) is 3.32. The standard InChI is InChI=1S/C20H25N5O2S2/c1-15-14-29-20(26)24(15)12-13-28-19-22-21-18(23-10-6-3-7-11-23)25(19)16-8-4-5-9-17(16)27-2/h4-5,8-9,14H,3,6-7,10-13H2,1-2H3. The molecule has 0 saturated carbocycles. The molecule has 29 heavy (non-hydrogen) atoms. The summed E-state index contributed by atoms with van der Waals surface area (Å²) < 4.78 is 9.52. The molecule has 3 heterocycles. The number of nitrogens with zero attached hydrogens (tertiary/aromatic N) is 5. The molecule has 0 amide bonds. The number of piperidine rings is 1. The van der Waals surface area contributed by atoms with Gasteiger partial charge in [0.15, 0.2) is 5.16 Å². The first-order valence-corrected chi connectivity index (χ1v) is 11.7. The van der Waals surface area contributed by atoms with E-state index in [1.807, 2.05) is 41.1 Å². The Balaban J connectivity index is 1.64. The van der Waals surface area contributed by atoms with E-state index in [1.54, 1.807) is 18.9 Å². The van der Waals surface area contributed by atoms with Gasteiger partial charge >= 0.3 is 4.87 Å². The molecule has 0 spiro atoms. The molecule has 0 unspecified atom stereocenters. The summed E-state index contributed by atoms with van der Waals surface area (Å²) in [7, 11) is 1.68. The molecule has 1 aliphatic heterocycles. The number of para-hydroxylation sites is 2. The van der Waals surface area contributed by atoms with Gasteiger partial charge in [-0.25, -0.2) is 0 Å². The maximum Gasteiger partial charge on any atom is 0.307 e. The number of hydrogen-bond acceptors (Lipinski definition) is 7. The number of benzene rings is 1. The van der Waals surface area contributed by atoms with Gasteiger partial charge < -0.3 is 14.2 Å². The van der Waals surface area contributed by atoms with Gasteiger partial charge in [0.25, 0.3) is 0 Å². The Morgan fingerprint density at radius 1 is 1.17 bits per heavy atom. The van der Waals surface area contributed by atoms with Gasteiger partial charge in [-0.2, -0.15) is 0 Å². The Hall–Kier alpha value is -2.26. The second kappa shape index (κ2) is 9.04. The summed E-state index contributed by atoms with van der Waals surface area (Å²) >= 11 is 2.86. The fourth-order valence-electron chi connectivity index (χ4n) is 3.58. The van der Waals surface area contributed by atoms with Crippen LogP contribution in [-0.4, -0.2) is 45.3 Å². The summed E-state index contributed by atoms with van der Waals surface area (Å²) in [6.45, 7) is 4.59. The van der Waals surface area contributed by atoms with Gasteiger partial charge in [0.1, 0.15) is 5.75 Å². The van der Waals surface area contributed by atoms with Gasteiger partial charge in [-0.3, -0.25) is 9.36 Å². The first-order valence-electron chi connectivity index (χ1n) is 9.80. The molecule has 3 aromatic rings. The van der Waals surface area contributed by atoms with Crippen LogP contribution in [0.4, 0.5) is 5.95 Å². The predicted molar refractivity (Wildman–Crippen MR) is 118 cm³/mol. The van der Waals surface area contributed by atoms with Crippen molar-refractivity contribution < 1.29 is 4.74 Å². The maximum absolute atomic E-state index is 12.0. The highest BCUT2D eigenvalue weighted by Crippen LogP contribution is 2.32. The molecule has 1 aliphatic rings. The fraction of sp³-hybridized carbons (Fsp3) is 0.450. The normalized spacial score (nSPS) is 14.3. The zero-order valence-corrected chi connectivity index (χ0v) is 18.3. The summed E-state index contributed by atoms with van der Waals surface area (Å²) in [6, 6.07) is 7.96. The molecule has 154 valence electrons. The molecule has 0 radical (unpaired) electrons. The van der Waals surface area contributed by atoms with E-state index in [2.05, 4.69) is 19.7 Å². The quantitative estimate of drug-likeness (QED) is 0.533. The molecular formula is C20H25N5O2S2. The number of rotatable bonds is 7. The zero-order chi connectivity index (χ0) is 20.2. The Kier molecular flexibility index (Phi) is 6.25. The van der Waals surface area contributed by atoms with Crippen molar-refractivity contribution in [1.29, 1.82) is 0 Å². The SMILES string of the molecule is COc1ccccc1-n1c(SCCn2c(C)csc2=O)nnc1N1CCCCC1. The average molecular weight is 432 g/mol. The highest BCUT2D eigenvalue weighted by atomic mass is 32.2. The van der Waals surface area contributed by atoms with Crippen LogP contribution in [0, 0.1) is 6.92 Å². The molecule has 2 aromatic heterocycles. The molecule has 9 heteroatoms. The lowest BCUT2D eigenvalue weighted by Crippen LogP contribution is -2.31. The lowest BCUT2D eigenvalue weighted by Gasteiger charge is -2.28. The molecule has 1 fully saturated rings. The van der Waals surface area contributed by atoms with Gasteiger partial charge in [-0.15, -0.1) is 10.2 Å². The minimum atomic E-state index is 0.0864. The van der Waals surface area contributed by atoms with Crippen LogP contribution in [0.3, 0.4) is 0 Å². The van der Waals surface area contributed by atoms with E-state index >= 15 is 0 Å². The van der Waals surface area contributed by atoms with Crippen LogP contribution < -0.4 is 14.5 Å². The van der Waals surface area contributed by atoms with Crippen LogP contribution in [0.5, 0.6) is 5.75 Å². The number of thiazole rings is 1. The van der Waals surface area contributed by atoms with Crippen molar-refractivity contribution >= 4 is 29.0 Å². The fourth-order valence-corrected chi connectivity index (χ4v) is 5.21. The van der Waals surface area contributed by atoms with E-state index in [-0.39, 0.29) is 4.87 Å². The predicted octanol–water partition coefficient (Wildman–Crippen LogP) is 3.59. The van der Waals surface area contributed by atoms with E-state index in [0.29, 0.717) is 6.54 Å².